The maximum Gasteiger partial charge on any atom is 0.0899 e. The van der Waals surface area contributed by atoms with Crippen LogP contribution in [0.5, 0.6) is 0 Å². The molecule has 0 N–H and O–H groups in total. The first-order valence-electron chi connectivity index (χ1n) is 5.91. The van der Waals surface area contributed by atoms with Gasteiger partial charge in [0.25, 0.3) is 0 Å². The minimum atomic E-state index is 0.317. The maximum atomic E-state index is 5.80. The van der Waals surface area contributed by atoms with Gasteiger partial charge < -0.3 is 4.74 Å². The summed E-state index contributed by atoms with van der Waals surface area (Å²) in [5.41, 5.74) is 2.23. The van der Waals surface area contributed by atoms with Crippen LogP contribution < -0.4 is 0 Å². The van der Waals surface area contributed by atoms with Crippen molar-refractivity contribution < 1.29 is 4.74 Å². The summed E-state index contributed by atoms with van der Waals surface area (Å²) in [6, 6.07) is 0. The zero-order chi connectivity index (χ0) is 12.1. The van der Waals surface area contributed by atoms with E-state index in [0.29, 0.717) is 12.7 Å². The van der Waals surface area contributed by atoms with Gasteiger partial charge >= 0.3 is 0 Å². The van der Waals surface area contributed by atoms with Gasteiger partial charge in [-0.2, -0.15) is 5.10 Å². The molecule has 1 unspecified atom stereocenters. The molecule has 1 rings (SSSR count). The summed E-state index contributed by atoms with van der Waals surface area (Å²) >= 11 is 3.59. The van der Waals surface area contributed by atoms with Gasteiger partial charge in [0.2, 0.25) is 0 Å². The highest BCUT2D eigenvalue weighted by Gasteiger charge is 2.13. The molecule has 1 aromatic heterocycles. The SMILES string of the molecule is CCCC(C)OCc1c(Br)c(CC)nn1C. The zero-order valence-corrected chi connectivity index (χ0v) is 12.2. The second kappa shape index (κ2) is 6.40. The Morgan fingerprint density at radius 2 is 2.12 bits per heavy atom. The van der Waals surface area contributed by atoms with Crippen molar-refractivity contribution in [2.24, 2.45) is 7.05 Å². The third-order valence-corrected chi connectivity index (χ3v) is 3.62. The number of nitrogens with zero attached hydrogens (tertiary/aromatic N) is 2. The molecule has 0 radical (unpaired) electrons. The Bertz CT molecular complexity index is 336. The fourth-order valence-corrected chi connectivity index (χ4v) is 2.42. The van der Waals surface area contributed by atoms with Gasteiger partial charge in [-0.1, -0.05) is 20.3 Å². The van der Waals surface area contributed by atoms with E-state index in [4.69, 9.17) is 4.74 Å². The highest BCUT2D eigenvalue weighted by molar-refractivity contribution is 9.10. The van der Waals surface area contributed by atoms with Crippen molar-refractivity contribution in [2.75, 3.05) is 0 Å². The van der Waals surface area contributed by atoms with Gasteiger partial charge in [-0.15, -0.1) is 0 Å². The summed E-state index contributed by atoms with van der Waals surface area (Å²) in [7, 11) is 1.97. The summed E-state index contributed by atoms with van der Waals surface area (Å²) in [6.45, 7) is 7.03. The molecule has 16 heavy (non-hydrogen) atoms. The van der Waals surface area contributed by atoms with Gasteiger partial charge in [-0.05, 0) is 35.7 Å². The minimum absolute atomic E-state index is 0.317. The Morgan fingerprint density at radius 1 is 1.44 bits per heavy atom. The van der Waals surface area contributed by atoms with Crippen molar-refractivity contribution >= 4 is 15.9 Å². The number of aromatic nitrogens is 2. The van der Waals surface area contributed by atoms with Crippen LogP contribution in [0.15, 0.2) is 4.47 Å². The largest absolute Gasteiger partial charge is 0.372 e. The van der Waals surface area contributed by atoms with Crippen molar-refractivity contribution in [1.29, 1.82) is 0 Å². The van der Waals surface area contributed by atoms with E-state index < -0.39 is 0 Å². The summed E-state index contributed by atoms with van der Waals surface area (Å²) in [4.78, 5) is 0. The quantitative estimate of drug-likeness (QED) is 0.802. The number of ether oxygens (including phenoxy) is 1. The molecule has 0 bridgehead atoms. The van der Waals surface area contributed by atoms with Crippen LogP contribution in [-0.2, 0) is 24.8 Å². The fourth-order valence-electron chi connectivity index (χ4n) is 1.69. The van der Waals surface area contributed by atoms with E-state index >= 15 is 0 Å². The van der Waals surface area contributed by atoms with Crippen LogP contribution in [0.3, 0.4) is 0 Å². The summed E-state index contributed by atoms with van der Waals surface area (Å²) in [6.07, 6.45) is 3.53. The fraction of sp³-hybridized carbons (Fsp3) is 0.750. The standard InChI is InChI=1S/C12H21BrN2O/c1-5-7-9(3)16-8-11-12(13)10(6-2)14-15(11)4/h9H,5-8H2,1-4H3. The molecule has 1 heterocycles. The molecule has 92 valence electrons. The van der Waals surface area contributed by atoms with E-state index in [-0.39, 0.29) is 0 Å². The normalized spacial score (nSPS) is 13.1. The molecule has 0 aromatic carbocycles. The topological polar surface area (TPSA) is 27.1 Å². The van der Waals surface area contributed by atoms with E-state index in [0.717, 1.165) is 35.1 Å². The van der Waals surface area contributed by atoms with Gasteiger partial charge in [0.1, 0.15) is 0 Å². The van der Waals surface area contributed by atoms with Gasteiger partial charge in [-0.25, -0.2) is 0 Å². The number of rotatable bonds is 6. The van der Waals surface area contributed by atoms with Crippen molar-refractivity contribution in [3.05, 3.63) is 15.9 Å². The first kappa shape index (κ1) is 13.7. The molecule has 0 saturated heterocycles. The van der Waals surface area contributed by atoms with E-state index in [1.54, 1.807) is 0 Å². The lowest BCUT2D eigenvalue weighted by Crippen LogP contribution is -2.10. The summed E-state index contributed by atoms with van der Waals surface area (Å²) in [5, 5.41) is 4.44. The number of halogens is 1. The molecule has 4 heteroatoms. The van der Waals surface area contributed by atoms with Gasteiger partial charge in [0, 0.05) is 7.05 Å². The van der Waals surface area contributed by atoms with Crippen molar-refractivity contribution in [1.82, 2.24) is 9.78 Å². The lowest BCUT2D eigenvalue weighted by Gasteiger charge is -2.12. The Kier molecular flexibility index (Phi) is 5.49. The van der Waals surface area contributed by atoms with Crippen LogP contribution in [0.25, 0.3) is 0 Å². The predicted molar refractivity (Wildman–Crippen MR) is 69.4 cm³/mol. The molecule has 1 aromatic rings. The van der Waals surface area contributed by atoms with Crippen molar-refractivity contribution in [2.45, 2.75) is 52.7 Å². The molecule has 1 atom stereocenters. The van der Waals surface area contributed by atoms with Crippen LogP contribution in [-0.4, -0.2) is 15.9 Å². The molecule has 0 saturated carbocycles. The Labute approximate surface area is 106 Å². The molecule has 0 spiro atoms. The lowest BCUT2D eigenvalue weighted by atomic mass is 10.2. The summed E-state index contributed by atoms with van der Waals surface area (Å²) in [5.74, 6) is 0. The van der Waals surface area contributed by atoms with Crippen LogP contribution in [0.2, 0.25) is 0 Å². The average molecular weight is 289 g/mol. The van der Waals surface area contributed by atoms with Crippen LogP contribution in [0.4, 0.5) is 0 Å². The number of hydrogen-bond acceptors (Lipinski definition) is 2. The Hall–Kier alpha value is -0.350. The highest BCUT2D eigenvalue weighted by Crippen LogP contribution is 2.22. The second-order valence-electron chi connectivity index (χ2n) is 4.09. The number of hydrogen-bond donors (Lipinski definition) is 0. The average Bonchev–Trinajstić information content (AvgIpc) is 2.52. The molecule has 3 nitrogen and oxygen atoms in total. The van der Waals surface area contributed by atoms with E-state index in [1.807, 2.05) is 11.7 Å². The van der Waals surface area contributed by atoms with Gasteiger partial charge in [0.15, 0.2) is 0 Å². The number of aryl methyl sites for hydroxylation is 2. The van der Waals surface area contributed by atoms with E-state index in [1.165, 1.54) is 0 Å². The third-order valence-electron chi connectivity index (χ3n) is 2.70. The Morgan fingerprint density at radius 3 is 2.62 bits per heavy atom. The first-order chi connectivity index (χ1) is 7.60. The van der Waals surface area contributed by atoms with Crippen LogP contribution >= 0.6 is 15.9 Å². The maximum absolute atomic E-state index is 5.80. The first-order valence-corrected chi connectivity index (χ1v) is 6.71. The highest BCUT2D eigenvalue weighted by atomic mass is 79.9. The monoisotopic (exact) mass is 288 g/mol. The van der Waals surface area contributed by atoms with Gasteiger partial charge in [-0.3, -0.25) is 4.68 Å². The lowest BCUT2D eigenvalue weighted by molar-refractivity contribution is 0.0432. The smallest absolute Gasteiger partial charge is 0.0899 e. The third kappa shape index (κ3) is 3.32. The van der Waals surface area contributed by atoms with Gasteiger partial charge in [0.05, 0.1) is 28.6 Å². The van der Waals surface area contributed by atoms with Crippen molar-refractivity contribution in [3.63, 3.8) is 0 Å². The summed E-state index contributed by atoms with van der Waals surface area (Å²) < 4.78 is 8.80. The van der Waals surface area contributed by atoms with Crippen LogP contribution in [0.1, 0.15) is 45.0 Å². The zero-order valence-electron chi connectivity index (χ0n) is 10.6. The predicted octanol–water partition coefficient (Wildman–Crippen LogP) is 3.45. The Balaban J connectivity index is 2.63. The molecular weight excluding hydrogens is 268 g/mol. The molecular formula is C12H21BrN2O. The second-order valence-corrected chi connectivity index (χ2v) is 4.89. The minimum Gasteiger partial charge on any atom is -0.372 e. The van der Waals surface area contributed by atoms with E-state index in [2.05, 4.69) is 41.8 Å². The molecule has 0 amide bonds. The van der Waals surface area contributed by atoms with Crippen LogP contribution in [0, 0.1) is 0 Å². The molecule has 0 aliphatic rings. The van der Waals surface area contributed by atoms with Crippen molar-refractivity contribution in [3.8, 4) is 0 Å². The molecule has 0 fully saturated rings. The molecule has 0 aliphatic heterocycles. The van der Waals surface area contributed by atoms with E-state index in [9.17, 15) is 0 Å². The molecule has 0 aliphatic carbocycles.